The van der Waals surface area contributed by atoms with Gasteiger partial charge in [0, 0.05) is 5.56 Å². The normalized spacial score (nSPS) is 11.3. The van der Waals surface area contributed by atoms with Crippen LogP contribution in [0.2, 0.25) is 0 Å². The molecule has 26 heavy (non-hydrogen) atoms. The summed E-state index contributed by atoms with van der Waals surface area (Å²) in [5.74, 6) is -0.138. The minimum absolute atomic E-state index is 0.0499. The molecule has 7 nitrogen and oxygen atoms in total. The van der Waals surface area contributed by atoms with E-state index in [0.717, 1.165) is 5.56 Å². The summed E-state index contributed by atoms with van der Waals surface area (Å²) in [6, 6.07) is 14.8. The number of nitrogens with one attached hydrogen (secondary N) is 1. The molecule has 0 radical (unpaired) electrons. The van der Waals surface area contributed by atoms with E-state index < -0.39 is 16.0 Å². The van der Waals surface area contributed by atoms with Crippen molar-refractivity contribution >= 4 is 16.0 Å². The highest BCUT2D eigenvalue weighted by Gasteiger charge is 2.14. The van der Waals surface area contributed by atoms with Crippen molar-refractivity contribution < 1.29 is 22.4 Å². The summed E-state index contributed by atoms with van der Waals surface area (Å²) >= 11 is 0. The van der Waals surface area contributed by atoms with E-state index in [2.05, 4.69) is 9.71 Å². The molecule has 1 N–H and O–H groups in total. The molecule has 0 aliphatic heterocycles. The highest BCUT2D eigenvalue weighted by molar-refractivity contribution is 7.89. The maximum absolute atomic E-state index is 12.1. The summed E-state index contributed by atoms with van der Waals surface area (Å²) in [5.41, 5.74) is 1.55. The lowest BCUT2D eigenvalue weighted by atomic mass is 10.2. The summed E-state index contributed by atoms with van der Waals surface area (Å²) in [6.45, 7) is -0.0499. The number of oxazole rings is 1. The van der Waals surface area contributed by atoms with Gasteiger partial charge in [0.25, 0.3) is 0 Å². The van der Waals surface area contributed by atoms with E-state index >= 15 is 0 Å². The van der Waals surface area contributed by atoms with Crippen LogP contribution in [0.1, 0.15) is 16.1 Å². The molecule has 1 heterocycles. The number of aromatic nitrogens is 1. The molecule has 0 saturated heterocycles. The first kappa shape index (κ1) is 17.8. The quantitative estimate of drug-likeness (QED) is 0.668. The van der Waals surface area contributed by atoms with Gasteiger partial charge in [-0.05, 0) is 43.4 Å². The smallest absolute Gasteiger partial charge is 0.338 e. The summed E-state index contributed by atoms with van der Waals surface area (Å²) in [6.07, 6.45) is 1.43. The third-order valence-corrected chi connectivity index (χ3v) is 5.02. The van der Waals surface area contributed by atoms with Crippen LogP contribution in [-0.4, -0.2) is 26.4 Å². The van der Waals surface area contributed by atoms with Crippen LogP contribution in [0.25, 0.3) is 11.5 Å². The second-order valence-corrected chi connectivity index (χ2v) is 7.20. The van der Waals surface area contributed by atoms with Crippen LogP contribution < -0.4 is 4.72 Å². The molecule has 2 aromatic carbocycles. The molecule has 0 amide bonds. The average molecular weight is 372 g/mol. The number of esters is 1. The van der Waals surface area contributed by atoms with Crippen LogP contribution in [0.5, 0.6) is 0 Å². The van der Waals surface area contributed by atoms with Gasteiger partial charge in [0.05, 0.1) is 10.5 Å². The number of hydrogen-bond acceptors (Lipinski definition) is 6. The number of carbonyl (C=O) groups is 1. The first-order chi connectivity index (χ1) is 12.5. The van der Waals surface area contributed by atoms with Crippen LogP contribution in [0, 0.1) is 0 Å². The Balaban J connectivity index is 1.63. The van der Waals surface area contributed by atoms with Gasteiger partial charge in [0.15, 0.2) is 0 Å². The van der Waals surface area contributed by atoms with Crippen LogP contribution in [-0.2, 0) is 21.4 Å². The maximum Gasteiger partial charge on any atom is 0.338 e. The summed E-state index contributed by atoms with van der Waals surface area (Å²) < 4.78 is 36.1. The minimum Gasteiger partial charge on any atom is -0.455 e. The molecule has 0 saturated carbocycles. The van der Waals surface area contributed by atoms with Crippen LogP contribution in [0.4, 0.5) is 0 Å². The van der Waals surface area contributed by atoms with Crippen molar-refractivity contribution in [2.24, 2.45) is 0 Å². The standard InChI is InChI=1S/C18H16N2O5S/c1-19-26(22,23)16-9-7-14(8-10-16)18(21)25-12-15-11-24-17(20-15)13-5-3-2-4-6-13/h2-11,19H,12H2,1H3. The molecule has 0 atom stereocenters. The number of rotatable bonds is 6. The fraction of sp³-hybridized carbons (Fsp3) is 0.111. The molecule has 3 aromatic rings. The minimum atomic E-state index is -3.54. The van der Waals surface area contributed by atoms with Gasteiger partial charge in [-0.2, -0.15) is 0 Å². The van der Waals surface area contributed by atoms with E-state index in [0.29, 0.717) is 11.6 Å². The molecular formula is C18H16N2O5S. The lowest BCUT2D eigenvalue weighted by Gasteiger charge is -2.05. The number of ether oxygens (including phenoxy) is 1. The predicted molar refractivity (Wildman–Crippen MR) is 93.7 cm³/mol. The molecule has 0 spiro atoms. The molecule has 134 valence electrons. The average Bonchev–Trinajstić information content (AvgIpc) is 3.16. The van der Waals surface area contributed by atoms with Crippen molar-refractivity contribution in [3.05, 3.63) is 72.1 Å². The van der Waals surface area contributed by atoms with E-state index in [4.69, 9.17) is 9.15 Å². The number of benzene rings is 2. The van der Waals surface area contributed by atoms with Crippen molar-refractivity contribution in [3.63, 3.8) is 0 Å². The van der Waals surface area contributed by atoms with Gasteiger partial charge in [-0.25, -0.2) is 22.9 Å². The Hall–Kier alpha value is -2.97. The Bertz CT molecular complexity index is 996. The first-order valence-corrected chi connectivity index (χ1v) is 9.18. The molecular weight excluding hydrogens is 356 g/mol. The molecule has 0 unspecified atom stereocenters. The van der Waals surface area contributed by atoms with E-state index in [1.807, 2.05) is 30.3 Å². The van der Waals surface area contributed by atoms with Crippen molar-refractivity contribution in [2.45, 2.75) is 11.5 Å². The lowest BCUT2D eigenvalue weighted by molar-refractivity contribution is 0.0467. The van der Waals surface area contributed by atoms with E-state index in [9.17, 15) is 13.2 Å². The van der Waals surface area contributed by atoms with Gasteiger partial charge >= 0.3 is 5.97 Å². The van der Waals surface area contributed by atoms with Crippen molar-refractivity contribution in [2.75, 3.05) is 7.05 Å². The Morgan fingerprint density at radius 1 is 1.12 bits per heavy atom. The molecule has 8 heteroatoms. The van der Waals surface area contributed by atoms with Crippen molar-refractivity contribution in [1.29, 1.82) is 0 Å². The fourth-order valence-electron chi connectivity index (χ4n) is 2.20. The molecule has 3 rings (SSSR count). The fourth-order valence-corrected chi connectivity index (χ4v) is 2.93. The molecule has 0 bridgehead atoms. The largest absolute Gasteiger partial charge is 0.455 e. The predicted octanol–water partition coefficient (Wildman–Crippen LogP) is 2.61. The van der Waals surface area contributed by atoms with Gasteiger partial charge < -0.3 is 9.15 Å². The third kappa shape index (κ3) is 3.98. The Labute approximate surface area is 150 Å². The SMILES string of the molecule is CNS(=O)(=O)c1ccc(C(=O)OCc2coc(-c3ccccc3)n2)cc1. The highest BCUT2D eigenvalue weighted by atomic mass is 32.2. The van der Waals surface area contributed by atoms with E-state index in [1.54, 1.807) is 0 Å². The third-order valence-electron chi connectivity index (χ3n) is 3.59. The number of nitrogens with zero attached hydrogens (tertiary/aromatic N) is 1. The molecule has 0 fully saturated rings. The monoisotopic (exact) mass is 372 g/mol. The zero-order valence-corrected chi connectivity index (χ0v) is 14.7. The van der Waals surface area contributed by atoms with Crippen LogP contribution in [0.15, 0.2) is 70.2 Å². The zero-order chi connectivity index (χ0) is 18.6. The lowest BCUT2D eigenvalue weighted by Crippen LogP contribution is -2.18. The van der Waals surface area contributed by atoms with Gasteiger partial charge in [0.2, 0.25) is 15.9 Å². The number of hydrogen-bond donors (Lipinski definition) is 1. The van der Waals surface area contributed by atoms with Crippen molar-refractivity contribution in [1.82, 2.24) is 9.71 Å². The van der Waals surface area contributed by atoms with Crippen LogP contribution >= 0.6 is 0 Å². The molecule has 0 aliphatic rings. The van der Waals surface area contributed by atoms with Gasteiger partial charge in [-0.1, -0.05) is 18.2 Å². The highest BCUT2D eigenvalue weighted by Crippen LogP contribution is 2.18. The second-order valence-electron chi connectivity index (χ2n) is 5.32. The van der Waals surface area contributed by atoms with Gasteiger partial charge in [0.1, 0.15) is 18.6 Å². The Morgan fingerprint density at radius 3 is 2.46 bits per heavy atom. The van der Waals surface area contributed by atoms with Crippen molar-refractivity contribution in [3.8, 4) is 11.5 Å². The van der Waals surface area contributed by atoms with E-state index in [-0.39, 0.29) is 17.1 Å². The summed E-state index contributed by atoms with van der Waals surface area (Å²) in [7, 11) is -2.23. The topological polar surface area (TPSA) is 98.5 Å². The number of carbonyl (C=O) groups excluding carboxylic acids is 1. The number of sulfonamides is 1. The Morgan fingerprint density at radius 2 is 1.81 bits per heavy atom. The zero-order valence-electron chi connectivity index (χ0n) is 13.9. The van der Waals surface area contributed by atoms with Gasteiger partial charge in [-0.3, -0.25) is 0 Å². The maximum atomic E-state index is 12.1. The summed E-state index contributed by atoms with van der Waals surface area (Å²) in [4.78, 5) is 16.4. The second kappa shape index (κ2) is 7.51. The Kier molecular flexibility index (Phi) is 5.15. The first-order valence-electron chi connectivity index (χ1n) is 7.70. The molecule has 1 aromatic heterocycles. The molecule has 0 aliphatic carbocycles. The van der Waals surface area contributed by atoms with Crippen LogP contribution in [0.3, 0.4) is 0 Å². The van der Waals surface area contributed by atoms with E-state index in [1.165, 1.54) is 37.6 Å². The van der Waals surface area contributed by atoms with Gasteiger partial charge in [-0.15, -0.1) is 0 Å². The summed E-state index contributed by atoms with van der Waals surface area (Å²) in [5, 5.41) is 0.